The van der Waals surface area contributed by atoms with E-state index in [-0.39, 0.29) is 29.5 Å². The lowest BCUT2D eigenvalue weighted by atomic mass is 9.46. The van der Waals surface area contributed by atoms with Crippen LogP contribution in [0.3, 0.4) is 0 Å². The molecule has 3 heteroatoms. The predicted molar refractivity (Wildman–Crippen MR) is 126 cm³/mol. The lowest BCUT2D eigenvalue weighted by molar-refractivity contribution is -0.114. The Balaban J connectivity index is 1.56. The van der Waals surface area contributed by atoms with Crippen molar-refractivity contribution < 1.29 is 15.3 Å². The van der Waals surface area contributed by atoms with Crippen molar-refractivity contribution in [3.8, 4) is 0 Å². The Morgan fingerprint density at radius 1 is 1.10 bits per heavy atom. The molecular weight excluding hydrogens is 384 g/mol. The lowest BCUT2D eigenvalue weighted by Crippen LogP contribution is -2.57. The molecule has 0 aromatic carbocycles. The summed E-state index contributed by atoms with van der Waals surface area (Å²) in [5.41, 5.74) is 2.60. The first kappa shape index (κ1) is 23.5. The molecule has 3 N–H and O–H groups in total. The van der Waals surface area contributed by atoms with E-state index in [1.807, 2.05) is 0 Å². The van der Waals surface area contributed by atoms with Crippen molar-refractivity contribution >= 4 is 0 Å². The Labute approximate surface area is 190 Å². The molecule has 0 unspecified atom stereocenters. The van der Waals surface area contributed by atoms with Crippen LogP contribution in [-0.4, -0.2) is 34.1 Å². The number of fused-ring (bicyclic) bond motifs is 5. The third kappa shape index (κ3) is 3.77. The standard InChI is InChI=1S/C28H46O3/c1-17(2)18(3)6-7-19(4)22-8-9-23-26-24(11-12-27(22,23)5)28(16-29)13-10-21(30)14-20(28)15-25(26)31/h15,17,19,21-26,29-31H,3,6-14,16H2,1-2,4-5H3/t19-,21+,22-,23-,24-,25+,26-,27-,28-/m1/s1. The van der Waals surface area contributed by atoms with Crippen LogP contribution in [0.15, 0.2) is 23.8 Å². The fourth-order valence-electron chi connectivity index (χ4n) is 8.61. The van der Waals surface area contributed by atoms with Crippen molar-refractivity contribution in [1.82, 2.24) is 0 Å². The van der Waals surface area contributed by atoms with Crippen molar-refractivity contribution in [2.75, 3.05) is 6.61 Å². The summed E-state index contributed by atoms with van der Waals surface area (Å²) in [7, 11) is 0. The Bertz CT molecular complexity index is 711. The van der Waals surface area contributed by atoms with Crippen LogP contribution in [-0.2, 0) is 0 Å². The number of hydrogen-bond acceptors (Lipinski definition) is 3. The van der Waals surface area contributed by atoms with Gasteiger partial charge in [0.25, 0.3) is 0 Å². The Hall–Kier alpha value is -0.640. The van der Waals surface area contributed by atoms with Gasteiger partial charge in [-0.3, -0.25) is 0 Å². The third-order valence-corrected chi connectivity index (χ3v) is 10.6. The van der Waals surface area contributed by atoms with E-state index in [0.29, 0.717) is 36.0 Å². The van der Waals surface area contributed by atoms with Gasteiger partial charge in [0.1, 0.15) is 0 Å². The minimum absolute atomic E-state index is 0.167. The Morgan fingerprint density at radius 3 is 2.52 bits per heavy atom. The van der Waals surface area contributed by atoms with E-state index in [2.05, 4.69) is 40.3 Å². The van der Waals surface area contributed by atoms with E-state index in [4.69, 9.17) is 0 Å². The average Bonchev–Trinajstić information content (AvgIpc) is 3.08. The van der Waals surface area contributed by atoms with Crippen LogP contribution in [0.25, 0.3) is 0 Å². The number of rotatable bonds is 6. The van der Waals surface area contributed by atoms with Crippen LogP contribution in [0.1, 0.15) is 85.5 Å². The van der Waals surface area contributed by atoms with Gasteiger partial charge in [-0.25, -0.2) is 0 Å². The molecule has 0 saturated heterocycles. The molecule has 0 heterocycles. The SMILES string of the molecule is C=C(CC[C@@H](C)[C@H]1CC[C@@H]2[C@@H]3[C@@H](CC[C@@]21C)[C@@]1(CO)CC[C@H](O)CC1=C[C@@H]3O)C(C)C. The molecule has 0 radical (unpaired) electrons. The molecule has 0 aliphatic heterocycles. The molecule has 176 valence electrons. The highest BCUT2D eigenvalue weighted by Gasteiger charge is 2.62. The first-order valence-corrected chi connectivity index (χ1v) is 13.0. The maximum Gasteiger partial charge on any atom is 0.0757 e. The summed E-state index contributed by atoms with van der Waals surface area (Å²) in [5, 5.41) is 32.1. The van der Waals surface area contributed by atoms with Gasteiger partial charge < -0.3 is 15.3 Å². The van der Waals surface area contributed by atoms with E-state index in [9.17, 15) is 15.3 Å². The topological polar surface area (TPSA) is 60.7 Å². The second-order valence-electron chi connectivity index (χ2n) is 12.2. The Kier molecular flexibility index (Phi) is 6.53. The number of aliphatic hydroxyl groups excluding tert-OH is 3. The molecule has 3 saturated carbocycles. The highest BCUT2D eigenvalue weighted by Crippen LogP contribution is 2.67. The second-order valence-corrected chi connectivity index (χ2v) is 12.2. The van der Waals surface area contributed by atoms with Crippen LogP contribution in [0.2, 0.25) is 0 Å². The summed E-state index contributed by atoms with van der Waals surface area (Å²) in [4.78, 5) is 0. The number of aliphatic hydroxyl groups is 3. The highest BCUT2D eigenvalue weighted by molar-refractivity contribution is 5.29. The van der Waals surface area contributed by atoms with Gasteiger partial charge in [0.15, 0.2) is 0 Å². The van der Waals surface area contributed by atoms with Gasteiger partial charge in [-0.05, 0) is 98.7 Å². The van der Waals surface area contributed by atoms with E-state index in [1.54, 1.807) is 0 Å². The summed E-state index contributed by atoms with van der Waals surface area (Å²) < 4.78 is 0. The first-order chi connectivity index (χ1) is 14.6. The van der Waals surface area contributed by atoms with Gasteiger partial charge in [-0.1, -0.05) is 51.5 Å². The minimum Gasteiger partial charge on any atom is -0.395 e. The first-order valence-electron chi connectivity index (χ1n) is 13.0. The molecular formula is C28H46O3. The largest absolute Gasteiger partial charge is 0.395 e. The monoisotopic (exact) mass is 430 g/mol. The smallest absolute Gasteiger partial charge is 0.0757 e. The molecule has 4 aliphatic carbocycles. The average molecular weight is 431 g/mol. The zero-order chi connectivity index (χ0) is 22.6. The van der Waals surface area contributed by atoms with Crippen molar-refractivity contribution in [2.24, 2.45) is 46.3 Å². The molecule has 0 amide bonds. The molecule has 0 spiro atoms. The zero-order valence-corrected chi connectivity index (χ0v) is 20.3. The quantitative estimate of drug-likeness (QED) is 0.488. The second kappa shape index (κ2) is 8.61. The van der Waals surface area contributed by atoms with E-state index >= 15 is 0 Å². The van der Waals surface area contributed by atoms with Crippen molar-refractivity contribution in [3.63, 3.8) is 0 Å². The van der Waals surface area contributed by atoms with Crippen LogP contribution in [0.4, 0.5) is 0 Å². The highest BCUT2D eigenvalue weighted by atomic mass is 16.3. The zero-order valence-electron chi connectivity index (χ0n) is 20.3. The van der Waals surface area contributed by atoms with Crippen molar-refractivity contribution in [2.45, 2.75) is 97.7 Å². The molecule has 0 aromatic heterocycles. The van der Waals surface area contributed by atoms with E-state index in [0.717, 1.165) is 31.3 Å². The summed E-state index contributed by atoms with van der Waals surface area (Å²) in [6, 6.07) is 0. The maximum absolute atomic E-state index is 11.3. The number of hydrogen-bond donors (Lipinski definition) is 3. The van der Waals surface area contributed by atoms with Gasteiger partial charge in [0, 0.05) is 5.41 Å². The van der Waals surface area contributed by atoms with Crippen LogP contribution >= 0.6 is 0 Å². The summed E-state index contributed by atoms with van der Waals surface area (Å²) >= 11 is 0. The fraction of sp³-hybridized carbons (Fsp3) is 0.857. The summed E-state index contributed by atoms with van der Waals surface area (Å²) in [6.07, 6.45) is 10.7. The molecule has 4 aliphatic rings. The molecule has 3 fully saturated rings. The maximum atomic E-state index is 11.3. The van der Waals surface area contributed by atoms with Crippen LogP contribution < -0.4 is 0 Å². The van der Waals surface area contributed by atoms with Gasteiger partial charge in [0.2, 0.25) is 0 Å². The van der Waals surface area contributed by atoms with Crippen LogP contribution in [0, 0.1) is 46.3 Å². The van der Waals surface area contributed by atoms with Crippen LogP contribution in [0.5, 0.6) is 0 Å². The van der Waals surface area contributed by atoms with E-state index in [1.165, 1.54) is 31.3 Å². The fourth-order valence-corrected chi connectivity index (χ4v) is 8.61. The molecule has 0 bridgehead atoms. The minimum atomic E-state index is -0.427. The van der Waals surface area contributed by atoms with Crippen molar-refractivity contribution in [1.29, 1.82) is 0 Å². The predicted octanol–water partition coefficient (Wildman–Crippen LogP) is 5.50. The van der Waals surface area contributed by atoms with Gasteiger partial charge in [-0.15, -0.1) is 0 Å². The molecule has 31 heavy (non-hydrogen) atoms. The third-order valence-electron chi connectivity index (χ3n) is 10.6. The van der Waals surface area contributed by atoms with Gasteiger partial charge >= 0.3 is 0 Å². The molecule has 0 aromatic rings. The van der Waals surface area contributed by atoms with Crippen molar-refractivity contribution in [3.05, 3.63) is 23.8 Å². The van der Waals surface area contributed by atoms with Gasteiger partial charge in [0.05, 0.1) is 18.8 Å². The van der Waals surface area contributed by atoms with Gasteiger partial charge in [-0.2, -0.15) is 0 Å². The summed E-state index contributed by atoms with van der Waals surface area (Å²) in [6.45, 7) is 13.9. The number of allylic oxidation sites excluding steroid dienone is 1. The molecule has 3 nitrogen and oxygen atoms in total. The molecule has 9 atom stereocenters. The molecule has 4 rings (SSSR count). The lowest BCUT2D eigenvalue weighted by Gasteiger charge is -2.60. The Morgan fingerprint density at radius 2 is 1.84 bits per heavy atom. The summed E-state index contributed by atoms with van der Waals surface area (Å²) in [5.74, 6) is 3.12. The normalized spacial score (nSPS) is 45.5. The van der Waals surface area contributed by atoms with E-state index < -0.39 is 6.10 Å².